The minimum absolute atomic E-state index is 0.545. The summed E-state index contributed by atoms with van der Waals surface area (Å²) in [5, 5.41) is 8.94. The summed E-state index contributed by atoms with van der Waals surface area (Å²) in [5.41, 5.74) is 0. The van der Waals surface area contributed by atoms with Crippen molar-refractivity contribution < 1.29 is 9.84 Å². The second-order valence-electron chi connectivity index (χ2n) is 2.54. The summed E-state index contributed by atoms with van der Waals surface area (Å²) < 4.78 is 4.69. The second-order valence-corrected chi connectivity index (χ2v) is 2.54. The quantitative estimate of drug-likeness (QED) is 0.458. The summed E-state index contributed by atoms with van der Waals surface area (Å²) in [6, 6.07) is 0. The molecule has 1 unspecified atom stereocenters. The van der Waals surface area contributed by atoms with Crippen molar-refractivity contribution in [1.29, 1.82) is 0 Å². The highest BCUT2D eigenvalue weighted by atomic mass is 16.6. The summed E-state index contributed by atoms with van der Waals surface area (Å²) in [4.78, 5) is 0. The standard InChI is InChI=1S/C8H18O2/c1-3-4-5-6-7-8(9)10-2/h8-9H,3-7H2,1-2H3. The zero-order valence-corrected chi connectivity index (χ0v) is 6.97. The molecule has 0 saturated carbocycles. The van der Waals surface area contributed by atoms with Crippen LogP contribution in [0.4, 0.5) is 0 Å². The minimum Gasteiger partial charge on any atom is -0.368 e. The van der Waals surface area contributed by atoms with Gasteiger partial charge in [0.1, 0.15) is 0 Å². The fourth-order valence-corrected chi connectivity index (χ4v) is 0.864. The first kappa shape index (κ1) is 9.92. The van der Waals surface area contributed by atoms with Gasteiger partial charge in [0.05, 0.1) is 0 Å². The van der Waals surface area contributed by atoms with Gasteiger partial charge in [0.2, 0.25) is 0 Å². The van der Waals surface area contributed by atoms with Crippen molar-refractivity contribution in [2.45, 2.75) is 45.3 Å². The first-order chi connectivity index (χ1) is 4.81. The molecule has 0 spiro atoms. The normalized spacial score (nSPS) is 13.5. The Balaban J connectivity index is 2.89. The highest BCUT2D eigenvalue weighted by molar-refractivity contribution is 4.43. The lowest BCUT2D eigenvalue weighted by Gasteiger charge is -2.06. The zero-order valence-electron chi connectivity index (χ0n) is 6.97. The Labute approximate surface area is 63.2 Å². The maximum atomic E-state index is 8.94. The van der Waals surface area contributed by atoms with Crippen molar-refractivity contribution in [3.63, 3.8) is 0 Å². The van der Waals surface area contributed by atoms with Crippen molar-refractivity contribution in [3.8, 4) is 0 Å². The van der Waals surface area contributed by atoms with Gasteiger partial charge < -0.3 is 9.84 Å². The zero-order chi connectivity index (χ0) is 7.82. The highest BCUT2D eigenvalue weighted by Gasteiger charge is 1.98. The molecule has 0 aliphatic heterocycles. The smallest absolute Gasteiger partial charge is 0.154 e. The van der Waals surface area contributed by atoms with Gasteiger partial charge in [-0.25, -0.2) is 0 Å². The SMILES string of the molecule is CCCCCCC(O)OC. The molecule has 62 valence electrons. The van der Waals surface area contributed by atoms with Crippen LogP contribution in [0, 0.1) is 0 Å². The van der Waals surface area contributed by atoms with Crippen molar-refractivity contribution in [2.75, 3.05) is 7.11 Å². The molecule has 0 aromatic carbocycles. The molecule has 0 amide bonds. The maximum absolute atomic E-state index is 8.94. The predicted octanol–water partition coefficient (Wildman–Crippen LogP) is 1.92. The second kappa shape index (κ2) is 7.03. The Morgan fingerprint density at radius 3 is 2.50 bits per heavy atom. The number of aliphatic hydroxyl groups excluding tert-OH is 1. The predicted molar refractivity (Wildman–Crippen MR) is 41.8 cm³/mol. The van der Waals surface area contributed by atoms with Crippen molar-refractivity contribution >= 4 is 0 Å². The Bertz CT molecular complexity index is 64.3. The number of hydrogen-bond donors (Lipinski definition) is 1. The molecule has 10 heavy (non-hydrogen) atoms. The van der Waals surface area contributed by atoms with Crippen LogP contribution in [0.5, 0.6) is 0 Å². The molecule has 2 nitrogen and oxygen atoms in total. The van der Waals surface area contributed by atoms with Crippen LogP contribution >= 0.6 is 0 Å². The van der Waals surface area contributed by atoms with E-state index in [2.05, 4.69) is 11.7 Å². The van der Waals surface area contributed by atoms with Gasteiger partial charge in [0, 0.05) is 7.11 Å². The lowest BCUT2D eigenvalue weighted by atomic mass is 10.1. The number of rotatable bonds is 6. The van der Waals surface area contributed by atoms with Crippen LogP contribution in [0.15, 0.2) is 0 Å². The number of hydrogen-bond acceptors (Lipinski definition) is 2. The Morgan fingerprint density at radius 1 is 1.30 bits per heavy atom. The molecule has 0 aromatic heterocycles. The fourth-order valence-electron chi connectivity index (χ4n) is 0.864. The molecule has 0 radical (unpaired) electrons. The van der Waals surface area contributed by atoms with Gasteiger partial charge in [0.25, 0.3) is 0 Å². The van der Waals surface area contributed by atoms with E-state index in [1.807, 2.05) is 0 Å². The first-order valence-electron chi connectivity index (χ1n) is 4.02. The van der Waals surface area contributed by atoms with Crippen LogP contribution in [0.2, 0.25) is 0 Å². The summed E-state index contributed by atoms with van der Waals surface area (Å²) in [5.74, 6) is 0. The Kier molecular flexibility index (Phi) is 6.98. The fraction of sp³-hybridized carbons (Fsp3) is 1.00. The molecule has 0 aliphatic rings. The van der Waals surface area contributed by atoms with Crippen LogP contribution in [0.25, 0.3) is 0 Å². The number of unbranched alkanes of at least 4 members (excludes halogenated alkanes) is 3. The molecule has 0 aromatic rings. The van der Waals surface area contributed by atoms with E-state index < -0.39 is 6.29 Å². The third kappa shape index (κ3) is 6.05. The lowest BCUT2D eigenvalue weighted by molar-refractivity contribution is -0.0793. The van der Waals surface area contributed by atoms with Gasteiger partial charge >= 0.3 is 0 Å². The molecule has 0 fully saturated rings. The molecule has 0 saturated heterocycles. The molecular formula is C8H18O2. The largest absolute Gasteiger partial charge is 0.368 e. The maximum Gasteiger partial charge on any atom is 0.154 e. The first-order valence-corrected chi connectivity index (χ1v) is 4.02. The topological polar surface area (TPSA) is 29.5 Å². The molecule has 2 heteroatoms. The van der Waals surface area contributed by atoms with Gasteiger partial charge in [-0.3, -0.25) is 0 Å². The monoisotopic (exact) mass is 146 g/mol. The third-order valence-corrected chi connectivity index (χ3v) is 1.58. The van der Waals surface area contributed by atoms with Crippen molar-refractivity contribution in [3.05, 3.63) is 0 Å². The number of aliphatic hydroxyl groups is 1. The Hall–Kier alpha value is -0.0800. The van der Waals surface area contributed by atoms with E-state index in [0.717, 1.165) is 12.8 Å². The summed E-state index contributed by atoms with van der Waals surface area (Å²) in [6.45, 7) is 2.17. The van der Waals surface area contributed by atoms with E-state index >= 15 is 0 Å². The molecular weight excluding hydrogens is 128 g/mol. The van der Waals surface area contributed by atoms with E-state index in [9.17, 15) is 0 Å². The van der Waals surface area contributed by atoms with Crippen LogP contribution in [0.1, 0.15) is 39.0 Å². The van der Waals surface area contributed by atoms with Crippen LogP contribution in [0.3, 0.4) is 0 Å². The lowest BCUT2D eigenvalue weighted by Crippen LogP contribution is -2.07. The third-order valence-electron chi connectivity index (χ3n) is 1.58. The van der Waals surface area contributed by atoms with Gasteiger partial charge in [-0.2, -0.15) is 0 Å². The van der Waals surface area contributed by atoms with E-state index in [1.165, 1.54) is 26.4 Å². The number of ether oxygens (including phenoxy) is 1. The average Bonchev–Trinajstić information content (AvgIpc) is 1.98. The van der Waals surface area contributed by atoms with Gasteiger partial charge in [-0.1, -0.05) is 26.2 Å². The van der Waals surface area contributed by atoms with Crippen molar-refractivity contribution in [2.24, 2.45) is 0 Å². The minimum atomic E-state index is -0.545. The van der Waals surface area contributed by atoms with Crippen LogP contribution < -0.4 is 0 Å². The Morgan fingerprint density at radius 2 is 2.00 bits per heavy atom. The average molecular weight is 146 g/mol. The molecule has 1 atom stereocenters. The highest BCUT2D eigenvalue weighted by Crippen LogP contribution is 2.05. The molecule has 0 rings (SSSR count). The molecule has 0 heterocycles. The van der Waals surface area contributed by atoms with E-state index in [-0.39, 0.29) is 0 Å². The van der Waals surface area contributed by atoms with Crippen LogP contribution in [-0.4, -0.2) is 18.5 Å². The summed E-state index contributed by atoms with van der Waals surface area (Å²) >= 11 is 0. The molecule has 1 N–H and O–H groups in total. The van der Waals surface area contributed by atoms with Gasteiger partial charge in [-0.15, -0.1) is 0 Å². The molecule has 0 bridgehead atoms. The number of methoxy groups -OCH3 is 1. The van der Waals surface area contributed by atoms with E-state index in [4.69, 9.17) is 5.11 Å². The van der Waals surface area contributed by atoms with Gasteiger partial charge in [0.15, 0.2) is 6.29 Å². The van der Waals surface area contributed by atoms with Gasteiger partial charge in [-0.05, 0) is 12.8 Å². The van der Waals surface area contributed by atoms with Crippen LogP contribution in [-0.2, 0) is 4.74 Å². The van der Waals surface area contributed by atoms with E-state index in [0.29, 0.717) is 0 Å². The van der Waals surface area contributed by atoms with E-state index in [1.54, 1.807) is 0 Å². The summed E-state index contributed by atoms with van der Waals surface area (Å²) in [6.07, 6.45) is 5.01. The summed E-state index contributed by atoms with van der Waals surface area (Å²) in [7, 11) is 1.53. The van der Waals surface area contributed by atoms with Crippen molar-refractivity contribution in [1.82, 2.24) is 0 Å². The molecule has 0 aliphatic carbocycles.